The van der Waals surface area contributed by atoms with E-state index in [1.807, 2.05) is 57.2 Å². The summed E-state index contributed by atoms with van der Waals surface area (Å²) in [6.07, 6.45) is -1.02. The maximum Gasteiger partial charge on any atom is 0.491 e. The first kappa shape index (κ1) is 44.4. The molecular weight excluding hydrogens is 784 g/mol. The topological polar surface area (TPSA) is 141 Å². The highest BCUT2D eigenvalue weighted by Gasteiger charge is 2.17. The summed E-state index contributed by atoms with van der Waals surface area (Å²) in [4.78, 5) is 22.8. The van der Waals surface area contributed by atoms with E-state index in [1.165, 1.54) is 24.3 Å². The molecule has 4 rings (SSSR count). The van der Waals surface area contributed by atoms with Gasteiger partial charge < -0.3 is 19.5 Å². The van der Waals surface area contributed by atoms with Gasteiger partial charge in [-0.15, -0.1) is 0 Å². The van der Waals surface area contributed by atoms with Crippen molar-refractivity contribution in [3.8, 4) is 11.1 Å². The summed E-state index contributed by atoms with van der Waals surface area (Å²) in [5.74, 6) is -0.999. The molecule has 0 saturated heterocycles. The summed E-state index contributed by atoms with van der Waals surface area (Å²) in [6, 6.07) is 23.2. The largest absolute Gasteiger partial charge is 0.491 e. The van der Waals surface area contributed by atoms with E-state index in [1.54, 1.807) is 39.0 Å². The van der Waals surface area contributed by atoms with Crippen LogP contribution in [0.1, 0.15) is 52.7 Å². The van der Waals surface area contributed by atoms with E-state index in [2.05, 4.69) is 37.6 Å². The number of carbonyl (C=O) groups is 2. The van der Waals surface area contributed by atoms with Gasteiger partial charge in [-0.25, -0.2) is 29.2 Å². The Morgan fingerprint density at radius 2 is 1.12 bits per heavy atom. The molecule has 0 unspecified atom stereocenters. The fourth-order valence-electron chi connectivity index (χ4n) is 3.88. The first-order chi connectivity index (χ1) is 24.2. The highest BCUT2D eigenvalue weighted by atomic mass is 79.9. The Labute approximate surface area is 321 Å². The van der Waals surface area contributed by atoms with Crippen LogP contribution in [0.2, 0.25) is 10.0 Å². The maximum absolute atomic E-state index is 13.9. The molecule has 280 valence electrons. The number of hydrogen-bond donors (Lipinski definition) is 6. The van der Waals surface area contributed by atoms with Gasteiger partial charge in [0.15, 0.2) is 0 Å². The van der Waals surface area contributed by atoms with Gasteiger partial charge in [-0.3, -0.25) is 10.9 Å². The second kappa shape index (κ2) is 21.1. The second-order valence-corrected chi connectivity index (χ2v) is 14.7. The third-order valence-corrected chi connectivity index (χ3v) is 7.11. The molecule has 0 heterocycles. The number of nitrogens with one attached hydrogen (secondary N) is 4. The fourth-order valence-corrected chi connectivity index (χ4v) is 4.50. The fraction of sp³-hybridized carbons (Fsp3) is 0.278. The van der Waals surface area contributed by atoms with Crippen LogP contribution in [0.5, 0.6) is 0 Å². The summed E-state index contributed by atoms with van der Waals surface area (Å²) in [7, 11) is -1.81. The van der Waals surface area contributed by atoms with Crippen molar-refractivity contribution in [3.05, 3.63) is 122 Å². The zero-order valence-electron chi connectivity index (χ0n) is 29.5. The van der Waals surface area contributed by atoms with Crippen LogP contribution in [-0.2, 0) is 22.6 Å². The molecular formula is C36H42BBrCl2F2N4O6. The predicted octanol–water partition coefficient (Wildman–Crippen LogP) is 7.81. The summed E-state index contributed by atoms with van der Waals surface area (Å²) >= 11 is 14.7. The van der Waals surface area contributed by atoms with Crippen molar-refractivity contribution < 1.29 is 37.9 Å². The molecule has 16 heteroatoms. The number of benzene rings is 4. The lowest BCUT2D eigenvalue weighted by molar-refractivity contribution is 0.0485. The molecule has 52 heavy (non-hydrogen) atoms. The van der Waals surface area contributed by atoms with Crippen LogP contribution >= 0.6 is 39.1 Å². The lowest BCUT2D eigenvalue weighted by Crippen LogP contribution is -2.40. The zero-order chi connectivity index (χ0) is 39.1. The van der Waals surface area contributed by atoms with Crippen LogP contribution in [0, 0.1) is 11.6 Å². The van der Waals surface area contributed by atoms with Crippen molar-refractivity contribution in [2.75, 3.05) is 0 Å². The molecule has 0 aliphatic carbocycles. The Kier molecular flexibility index (Phi) is 18.0. The van der Waals surface area contributed by atoms with Crippen LogP contribution in [0.15, 0.2) is 89.4 Å². The smallest absolute Gasteiger partial charge is 0.443 e. The van der Waals surface area contributed by atoms with Crippen LogP contribution in [-0.4, -0.2) is 40.6 Å². The molecule has 0 radical (unpaired) electrons. The highest BCUT2D eigenvalue weighted by molar-refractivity contribution is 9.10. The van der Waals surface area contributed by atoms with Crippen molar-refractivity contribution >= 4 is 63.9 Å². The molecule has 4 aromatic carbocycles. The van der Waals surface area contributed by atoms with Crippen LogP contribution in [0.4, 0.5) is 18.4 Å². The predicted molar refractivity (Wildman–Crippen MR) is 205 cm³/mol. The minimum absolute atomic E-state index is 0.211. The van der Waals surface area contributed by atoms with E-state index >= 15 is 0 Å². The molecule has 0 aliphatic rings. The molecule has 0 bridgehead atoms. The highest BCUT2D eigenvalue weighted by Crippen LogP contribution is 2.26. The number of amides is 2. The molecule has 0 fully saturated rings. The third-order valence-electron chi connectivity index (χ3n) is 6.11. The molecule has 4 aromatic rings. The van der Waals surface area contributed by atoms with E-state index in [4.69, 9.17) is 42.7 Å². The summed E-state index contributed by atoms with van der Waals surface area (Å²) < 4.78 is 37.7. The van der Waals surface area contributed by atoms with Crippen molar-refractivity contribution in [1.82, 2.24) is 21.7 Å². The Morgan fingerprint density at radius 3 is 1.54 bits per heavy atom. The van der Waals surface area contributed by atoms with Crippen molar-refractivity contribution in [3.63, 3.8) is 0 Å². The monoisotopic (exact) mass is 824 g/mol. The van der Waals surface area contributed by atoms with Crippen molar-refractivity contribution in [1.29, 1.82) is 0 Å². The van der Waals surface area contributed by atoms with E-state index < -0.39 is 36.3 Å². The van der Waals surface area contributed by atoms with E-state index in [0.717, 1.165) is 27.2 Å². The van der Waals surface area contributed by atoms with Gasteiger partial charge >= 0.3 is 19.3 Å². The number of halogens is 5. The number of rotatable bonds is 8. The Balaban J connectivity index is 0.000000291. The number of carbonyl (C=O) groups excluding carboxylic acids is 2. The van der Waals surface area contributed by atoms with Gasteiger partial charge in [-0.1, -0.05) is 75.5 Å². The average molecular weight is 826 g/mol. The SMILES string of the molecule is CC(C)(C)OC(=O)NNCc1ccc(-c2cc(Cl)ccc2F)cc1.CC(C)(C)OC(=O)NNCc1ccc(Br)cc1.OB(O)c1cc(Cl)ccc1F. The number of ether oxygens (including phenoxy) is 2. The second-order valence-electron chi connectivity index (χ2n) is 12.9. The molecule has 6 N–H and O–H groups in total. The van der Waals surface area contributed by atoms with E-state index in [9.17, 15) is 18.4 Å². The normalized spacial score (nSPS) is 10.9. The van der Waals surface area contributed by atoms with Gasteiger partial charge in [0.25, 0.3) is 0 Å². The van der Waals surface area contributed by atoms with Crippen LogP contribution in [0.25, 0.3) is 11.1 Å². The van der Waals surface area contributed by atoms with Gasteiger partial charge in [-0.05, 0) is 107 Å². The maximum atomic E-state index is 13.9. The van der Waals surface area contributed by atoms with Gasteiger partial charge in [0.2, 0.25) is 0 Å². The van der Waals surface area contributed by atoms with Crippen molar-refractivity contribution in [2.24, 2.45) is 0 Å². The summed E-state index contributed by atoms with van der Waals surface area (Å²) in [5.41, 5.74) is 12.5. The Bertz CT molecular complexity index is 1740. The lowest BCUT2D eigenvalue weighted by Gasteiger charge is -2.19. The average Bonchev–Trinajstić information content (AvgIpc) is 3.03. The molecule has 0 aromatic heterocycles. The minimum atomic E-state index is -1.81. The molecule has 0 atom stereocenters. The number of hydrogen-bond acceptors (Lipinski definition) is 8. The van der Waals surface area contributed by atoms with Gasteiger partial charge in [-0.2, -0.15) is 0 Å². The van der Waals surface area contributed by atoms with Crippen LogP contribution in [0.3, 0.4) is 0 Å². The molecule has 0 saturated carbocycles. The Morgan fingerprint density at radius 1 is 0.692 bits per heavy atom. The zero-order valence-corrected chi connectivity index (χ0v) is 32.6. The van der Waals surface area contributed by atoms with Gasteiger partial charge in [0.1, 0.15) is 22.8 Å². The first-order valence-electron chi connectivity index (χ1n) is 15.8. The van der Waals surface area contributed by atoms with E-state index in [0.29, 0.717) is 23.7 Å². The van der Waals surface area contributed by atoms with Crippen molar-refractivity contribution in [2.45, 2.75) is 65.8 Å². The lowest BCUT2D eigenvalue weighted by atomic mass is 9.80. The molecule has 2 amide bonds. The third kappa shape index (κ3) is 18.1. The standard InChI is InChI=1S/C18H20ClFN2O2.C12H17BrN2O2.C6H5BClFO2/c1-18(2,3)24-17(23)22-21-11-12-4-6-13(7-5-12)15-10-14(19)8-9-16(15)20;1-12(2,3)17-11(16)15-14-8-9-4-6-10(13)7-5-9;8-4-1-2-6(9)5(3-4)7(10)11/h4-10,21H,11H2,1-3H3,(H,22,23);4-7,14H,8H2,1-3H3,(H,15,16);1-3,10-11H. The summed E-state index contributed by atoms with van der Waals surface area (Å²) in [6.45, 7) is 11.8. The molecule has 0 spiro atoms. The minimum Gasteiger partial charge on any atom is -0.443 e. The van der Waals surface area contributed by atoms with Gasteiger partial charge in [0, 0.05) is 38.6 Å². The van der Waals surface area contributed by atoms with Crippen LogP contribution < -0.4 is 27.2 Å². The summed E-state index contributed by atoms with van der Waals surface area (Å²) in [5, 5.41) is 17.9. The van der Waals surface area contributed by atoms with Gasteiger partial charge in [0.05, 0.1) is 0 Å². The molecule has 10 nitrogen and oxygen atoms in total. The van der Waals surface area contributed by atoms with E-state index in [-0.39, 0.29) is 16.3 Å². The first-order valence-corrected chi connectivity index (χ1v) is 17.3. The quantitative estimate of drug-likeness (QED) is 0.0782. The Hall–Kier alpha value is -3.76. The number of hydrazine groups is 2. The molecule has 0 aliphatic heterocycles.